The second-order valence-electron chi connectivity index (χ2n) is 9.80. The van der Waals surface area contributed by atoms with Gasteiger partial charge in [-0.3, -0.25) is 4.79 Å². The van der Waals surface area contributed by atoms with Gasteiger partial charge in [0, 0.05) is 18.0 Å². The van der Waals surface area contributed by atoms with Crippen LogP contribution in [0.4, 0.5) is 5.69 Å². The van der Waals surface area contributed by atoms with Crippen molar-refractivity contribution in [1.82, 2.24) is 0 Å². The summed E-state index contributed by atoms with van der Waals surface area (Å²) in [5, 5.41) is 16.5. The topological polar surface area (TPSA) is 58.6 Å². The van der Waals surface area contributed by atoms with E-state index in [1.807, 2.05) is 19.1 Å². The van der Waals surface area contributed by atoms with E-state index in [1.165, 1.54) is 16.3 Å². The van der Waals surface area contributed by atoms with E-state index in [2.05, 4.69) is 71.5 Å². The molecule has 1 aliphatic heterocycles. The number of carbonyl (C=O) groups is 1. The summed E-state index contributed by atoms with van der Waals surface area (Å²) >= 11 is 3.48. The van der Waals surface area contributed by atoms with Crippen LogP contribution in [0.5, 0.6) is 11.5 Å². The van der Waals surface area contributed by atoms with Crippen LogP contribution in [0.1, 0.15) is 56.7 Å². The first-order valence-corrected chi connectivity index (χ1v) is 12.0. The Bertz CT molecular complexity index is 1220. The molecule has 1 aliphatic carbocycles. The Hall–Kier alpha value is -2.53. The maximum absolute atomic E-state index is 13.6. The molecule has 166 valence electrons. The first-order chi connectivity index (χ1) is 15.3. The number of carbonyl (C=O) groups excluding carboxylic acids is 1. The lowest BCUT2D eigenvalue weighted by Crippen LogP contribution is -2.44. The van der Waals surface area contributed by atoms with Crippen LogP contribution >= 0.6 is 15.9 Å². The van der Waals surface area contributed by atoms with E-state index in [0.717, 1.165) is 17.7 Å². The summed E-state index contributed by atoms with van der Waals surface area (Å²) in [4.78, 5) is 13.6. The largest absolute Gasteiger partial charge is 0.503 e. The minimum Gasteiger partial charge on any atom is -0.503 e. The minimum absolute atomic E-state index is 0.0413. The highest BCUT2D eigenvalue weighted by Gasteiger charge is 2.49. The van der Waals surface area contributed by atoms with E-state index in [4.69, 9.17) is 4.74 Å². The van der Waals surface area contributed by atoms with Crippen molar-refractivity contribution in [3.63, 3.8) is 0 Å². The Morgan fingerprint density at radius 1 is 1.19 bits per heavy atom. The number of rotatable bonds is 3. The van der Waals surface area contributed by atoms with E-state index in [0.29, 0.717) is 29.0 Å². The zero-order valence-electron chi connectivity index (χ0n) is 18.6. The Morgan fingerprint density at radius 2 is 1.97 bits per heavy atom. The summed E-state index contributed by atoms with van der Waals surface area (Å²) < 4.78 is 6.25. The number of benzene rings is 3. The van der Waals surface area contributed by atoms with Gasteiger partial charge in [-0.2, -0.15) is 0 Å². The second kappa shape index (κ2) is 7.80. The maximum atomic E-state index is 13.6. The van der Waals surface area contributed by atoms with Crippen LogP contribution in [0.15, 0.2) is 53.0 Å². The number of halogens is 1. The molecule has 5 heteroatoms. The van der Waals surface area contributed by atoms with Gasteiger partial charge < -0.3 is 15.2 Å². The van der Waals surface area contributed by atoms with Gasteiger partial charge in [0.25, 0.3) is 0 Å². The molecule has 0 aromatic heterocycles. The molecule has 0 radical (unpaired) electrons. The summed E-state index contributed by atoms with van der Waals surface area (Å²) in [6.07, 6.45) is 1.53. The van der Waals surface area contributed by atoms with Gasteiger partial charge in [0.05, 0.1) is 17.1 Å². The van der Waals surface area contributed by atoms with Gasteiger partial charge in [0.2, 0.25) is 0 Å². The molecule has 3 aromatic rings. The first kappa shape index (κ1) is 21.3. The molecule has 0 spiro atoms. The standard InChI is InChI=1S/C27H28BrNO3/c1-4-32-22-12-16(11-19(28)26(22)31)25-24-18(13-27(2,3)14-21(24)30)23-17-8-6-5-7-15(17)9-10-20(23)29-25/h5-12,18,24-25,29,31H,4,13-14H2,1-3H3/t18-,24-,25-/m0/s1. The monoisotopic (exact) mass is 493 g/mol. The number of ether oxygens (including phenoxy) is 1. The molecule has 3 atom stereocenters. The van der Waals surface area contributed by atoms with Crippen molar-refractivity contribution in [2.45, 2.75) is 45.6 Å². The molecular weight excluding hydrogens is 466 g/mol. The molecule has 0 bridgehead atoms. The van der Waals surface area contributed by atoms with Gasteiger partial charge in [-0.05, 0) is 80.7 Å². The Kier molecular flexibility index (Phi) is 5.20. The number of nitrogens with one attached hydrogen (secondary N) is 1. The molecule has 2 N–H and O–H groups in total. The van der Waals surface area contributed by atoms with E-state index in [1.54, 1.807) is 0 Å². The molecular formula is C27H28BrNO3. The Balaban J connectivity index is 1.70. The summed E-state index contributed by atoms with van der Waals surface area (Å²) in [6.45, 7) is 6.75. The zero-order valence-corrected chi connectivity index (χ0v) is 20.2. The highest BCUT2D eigenvalue weighted by molar-refractivity contribution is 9.10. The van der Waals surface area contributed by atoms with Crippen LogP contribution < -0.4 is 10.1 Å². The van der Waals surface area contributed by atoms with Crippen molar-refractivity contribution in [2.24, 2.45) is 11.3 Å². The van der Waals surface area contributed by atoms with E-state index in [9.17, 15) is 9.90 Å². The fraction of sp³-hybridized carbons (Fsp3) is 0.370. The van der Waals surface area contributed by atoms with Gasteiger partial charge in [-0.1, -0.05) is 44.2 Å². The molecule has 3 aromatic carbocycles. The van der Waals surface area contributed by atoms with Gasteiger partial charge in [-0.25, -0.2) is 0 Å². The number of aromatic hydroxyl groups is 1. The van der Waals surface area contributed by atoms with Crippen LogP contribution in [0.2, 0.25) is 0 Å². The zero-order chi connectivity index (χ0) is 22.6. The predicted molar refractivity (Wildman–Crippen MR) is 132 cm³/mol. The summed E-state index contributed by atoms with van der Waals surface area (Å²) in [5.74, 6) is 0.770. The molecule has 1 saturated carbocycles. The summed E-state index contributed by atoms with van der Waals surface area (Å²) in [5.41, 5.74) is 3.25. The van der Waals surface area contributed by atoms with Crippen molar-refractivity contribution >= 4 is 38.2 Å². The number of hydrogen-bond acceptors (Lipinski definition) is 4. The molecule has 0 saturated heterocycles. The number of fused-ring (bicyclic) bond motifs is 5. The molecule has 0 amide bonds. The minimum atomic E-state index is -0.187. The molecule has 1 heterocycles. The predicted octanol–water partition coefficient (Wildman–Crippen LogP) is 6.96. The van der Waals surface area contributed by atoms with E-state index in [-0.39, 0.29) is 29.0 Å². The number of anilines is 1. The number of phenols is 1. The lowest BCUT2D eigenvalue weighted by Gasteiger charge is -2.47. The van der Waals surface area contributed by atoms with Crippen molar-refractivity contribution in [2.75, 3.05) is 11.9 Å². The van der Waals surface area contributed by atoms with Crippen molar-refractivity contribution in [1.29, 1.82) is 0 Å². The number of phenolic OH excluding ortho intramolecular Hbond substituents is 1. The van der Waals surface area contributed by atoms with Gasteiger partial charge >= 0.3 is 0 Å². The average molecular weight is 494 g/mol. The van der Waals surface area contributed by atoms with Crippen LogP contribution in [0.25, 0.3) is 10.8 Å². The highest BCUT2D eigenvalue weighted by Crippen LogP contribution is 2.56. The third-order valence-corrected chi connectivity index (χ3v) is 7.56. The third kappa shape index (κ3) is 3.47. The molecule has 5 rings (SSSR count). The first-order valence-electron chi connectivity index (χ1n) is 11.2. The summed E-state index contributed by atoms with van der Waals surface area (Å²) in [7, 11) is 0. The van der Waals surface area contributed by atoms with Crippen molar-refractivity contribution < 1.29 is 14.6 Å². The molecule has 2 aliphatic rings. The second-order valence-corrected chi connectivity index (χ2v) is 10.7. The summed E-state index contributed by atoms with van der Waals surface area (Å²) in [6, 6.07) is 16.3. The van der Waals surface area contributed by atoms with Gasteiger partial charge in [0.15, 0.2) is 11.5 Å². The lowest BCUT2D eigenvalue weighted by molar-refractivity contribution is -0.129. The lowest BCUT2D eigenvalue weighted by atomic mass is 9.60. The van der Waals surface area contributed by atoms with Crippen LogP contribution in [0, 0.1) is 11.3 Å². The number of Topliss-reactive ketones (excluding diaryl/α,β-unsaturated/α-hetero) is 1. The van der Waals surface area contributed by atoms with E-state index < -0.39 is 0 Å². The number of ketones is 1. The SMILES string of the molecule is CCOc1cc([C@@H]2Nc3ccc4ccccc4c3[C@@H]3CC(C)(C)CC(=O)[C@H]32)cc(Br)c1O. The number of hydrogen-bond donors (Lipinski definition) is 2. The van der Waals surface area contributed by atoms with Crippen LogP contribution in [-0.2, 0) is 4.79 Å². The average Bonchev–Trinajstić information content (AvgIpc) is 2.75. The quantitative estimate of drug-likeness (QED) is 0.413. The smallest absolute Gasteiger partial charge is 0.172 e. The van der Waals surface area contributed by atoms with Gasteiger partial charge in [-0.15, -0.1) is 0 Å². The fourth-order valence-electron chi connectivity index (χ4n) is 5.72. The highest BCUT2D eigenvalue weighted by atomic mass is 79.9. The van der Waals surface area contributed by atoms with Crippen molar-refractivity contribution in [3.8, 4) is 11.5 Å². The van der Waals surface area contributed by atoms with Crippen LogP contribution in [0.3, 0.4) is 0 Å². The maximum Gasteiger partial charge on any atom is 0.172 e. The Morgan fingerprint density at radius 3 is 2.75 bits per heavy atom. The van der Waals surface area contributed by atoms with Gasteiger partial charge in [0.1, 0.15) is 5.78 Å². The van der Waals surface area contributed by atoms with Crippen molar-refractivity contribution in [3.05, 3.63) is 64.1 Å². The van der Waals surface area contributed by atoms with Crippen LogP contribution in [-0.4, -0.2) is 17.5 Å². The molecule has 4 nitrogen and oxygen atoms in total. The van der Waals surface area contributed by atoms with E-state index >= 15 is 0 Å². The molecule has 32 heavy (non-hydrogen) atoms. The normalized spacial score (nSPS) is 23.9. The third-order valence-electron chi connectivity index (χ3n) is 6.95. The molecule has 0 unspecified atom stereocenters. The fourth-order valence-corrected chi connectivity index (χ4v) is 6.18. The molecule has 1 fully saturated rings. The Labute approximate surface area is 197 Å².